The number of aromatic amines is 1. The number of methoxy groups -OCH3 is 1. The van der Waals surface area contributed by atoms with Crippen LogP contribution in [0.15, 0.2) is 16.9 Å². The second kappa shape index (κ2) is 7.22. The number of piperidine rings is 1. The average Bonchev–Trinajstić information content (AvgIpc) is 2.52. The van der Waals surface area contributed by atoms with Crippen LogP contribution in [-0.4, -0.2) is 41.7 Å². The molecule has 7 nitrogen and oxygen atoms in total. The number of carboxylic acid groups (broad SMARTS) is 1. The summed E-state index contributed by atoms with van der Waals surface area (Å²) in [4.78, 5) is 36.5. The van der Waals surface area contributed by atoms with Gasteiger partial charge in [0.25, 0.3) is 0 Å². The van der Waals surface area contributed by atoms with Gasteiger partial charge in [-0.2, -0.15) is 0 Å². The Labute approximate surface area is 127 Å². The fraction of sp³-hybridized carbons (Fsp3) is 0.533. The zero-order chi connectivity index (χ0) is 16.1. The van der Waals surface area contributed by atoms with Crippen LogP contribution in [0.1, 0.15) is 35.3 Å². The van der Waals surface area contributed by atoms with Gasteiger partial charge in [0.2, 0.25) is 5.56 Å². The quantitative estimate of drug-likeness (QED) is 0.685. The highest BCUT2D eigenvalue weighted by Crippen LogP contribution is 2.19. The van der Waals surface area contributed by atoms with Crippen LogP contribution < -0.4 is 10.9 Å². The highest BCUT2D eigenvalue weighted by molar-refractivity contribution is 5.88. The van der Waals surface area contributed by atoms with Crippen molar-refractivity contribution in [1.29, 1.82) is 0 Å². The monoisotopic (exact) mass is 308 g/mol. The number of aromatic nitrogens is 1. The number of carboxylic acids is 1. The number of hydrogen-bond donors (Lipinski definition) is 3. The standard InChI is InChI=1S/C15H20N2O5/c1-22-15(21)9-2-3-10(16-8-9)4-6-12-11(14(19)20)5-7-13(18)17-12/h5,7,9-10,16H,2-4,6,8H2,1H3,(H,17,18)(H,19,20). The molecular weight excluding hydrogens is 288 g/mol. The Morgan fingerprint density at radius 2 is 2.14 bits per heavy atom. The number of nitrogens with one attached hydrogen (secondary N) is 2. The van der Waals surface area contributed by atoms with E-state index in [-0.39, 0.29) is 29.1 Å². The van der Waals surface area contributed by atoms with Gasteiger partial charge in [0, 0.05) is 24.3 Å². The first-order valence-electron chi connectivity index (χ1n) is 7.28. The molecule has 0 spiro atoms. The van der Waals surface area contributed by atoms with E-state index >= 15 is 0 Å². The van der Waals surface area contributed by atoms with E-state index in [1.54, 1.807) is 0 Å². The molecule has 2 unspecified atom stereocenters. The number of pyridine rings is 1. The van der Waals surface area contributed by atoms with E-state index in [1.807, 2.05) is 0 Å². The van der Waals surface area contributed by atoms with Crippen LogP contribution in [0.4, 0.5) is 0 Å². The normalized spacial score (nSPS) is 21.3. The van der Waals surface area contributed by atoms with Gasteiger partial charge in [-0.15, -0.1) is 0 Å². The van der Waals surface area contributed by atoms with Gasteiger partial charge >= 0.3 is 11.9 Å². The van der Waals surface area contributed by atoms with Crippen molar-refractivity contribution in [1.82, 2.24) is 10.3 Å². The molecule has 1 fully saturated rings. The van der Waals surface area contributed by atoms with Crippen molar-refractivity contribution in [3.05, 3.63) is 33.7 Å². The lowest BCUT2D eigenvalue weighted by Gasteiger charge is -2.28. The van der Waals surface area contributed by atoms with Gasteiger partial charge in [0.05, 0.1) is 18.6 Å². The van der Waals surface area contributed by atoms with E-state index < -0.39 is 5.97 Å². The van der Waals surface area contributed by atoms with Crippen molar-refractivity contribution in [3.8, 4) is 0 Å². The Kier molecular flexibility index (Phi) is 5.32. The van der Waals surface area contributed by atoms with Gasteiger partial charge < -0.3 is 20.1 Å². The molecule has 0 aromatic carbocycles. The van der Waals surface area contributed by atoms with Crippen molar-refractivity contribution >= 4 is 11.9 Å². The zero-order valence-electron chi connectivity index (χ0n) is 12.4. The van der Waals surface area contributed by atoms with E-state index in [0.29, 0.717) is 25.1 Å². The first-order valence-corrected chi connectivity index (χ1v) is 7.28. The number of aryl methyl sites for hydroxylation is 1. The molecule has 1 aliphatic rings. The van der Waals surface area contributed by atoms with Crippen LogP contribution in [0.5, 0.6) is 0 Å². The smallest absolute Gasteiger partial charge is 0.337 e. The molecule has 1 saturated heterocycles. The summed E-state index contributed by atoms with van der Waals surface area (Å²) in [5, 5.41) is 12.4. The Hall–Kier alpha value is -2.15. The summed E-state index contributed by atoms with van der Waals surface area (Å²) < 4.78 is 4.73. The summed E-state index contributed by atoms with van der Waals surface area (Å²) in [6.07, 6.45) is 2.74. The maximum Gasteiger partial charge on any atom is 0.337 e. The number of rotatable bonds is 5. The summed E-state index contributed by atoms with van der Waals surface area (Å²) in [7, 11) is 1.38. The minimum atomic E-state index is -1.05. The average molecular weight is 308 g/mol. The van der Waals surface area contributed by atoms with Gasteiger partial charge in [-0.05, 0) is 31.7 Å². The Balaban J connectivity index is 1.92. The topological polar surface area (TPSA) is 108 Å². The fourth-order valence-corrected chi connectivity index (χ4v) is 2.76. The molecule has 1 aliphatic heterocycles. The number of aromatic carboxylic acids is 1. The second-order valence-corrected chi connectivity index (χ2v) is 5.46. The van der Waals surface area contributed by atoms with E-state index in [4.69, 9.17) is 9.84 Å². The van der Waals surface area contributed by atoms with Gasteiger partial charge in [0.15, 0.2) is 0 Å². The summed E-state index contributed by atoms with van der Waals surface area (Å²) in [6.45, 7) is 0.564. The van der Waals surface area contributed by atoms with Crippen molar-refractivity contribution < 1.29 is 19.4 Å². The van der Waals surface area contributed by atoms with Gasteiger partial charge in [-0.1, -0.05) is 0 Å². The summed E-state index contributed by atoms with van der Waals surface area (Å²) >= 11 is 0. The first-order chi connectivity index (χ1) is 10.5. The van der Waals surface area contributed by atoms with E-state index in [1.165, 1.54) is 19.2 Å². The number of esters is 1. The molecule has 0 bridgehead atoms. The predicted octanol–water partition coefficient (Wildman–Crippen LogP) is 0.547. The number of ether oxygens (including phenoxy) is 1. The fourth-order valence-electron chi connectivity index (χ4n) is 2.76. The number of carbonyl (C=O) groups is 2. The van der Waals surface area contributed by atoms with Gasteiger partial charge in [-0.3, -0.25) is 9.59 Å². The summed E-state index contributed by atoms with van der Waals surface area (Å²) in [5.74, 6) is -1.37. The molecule has 2 heterocycles. The van der Waals surface area contributed by atoms with Crippen molar-refractivity contribution in [3.63, 3.8) is 0 Å². The molecule has 1 aromatic rings. The van der Waals surface area contributed by atoms with E-state index in [0.717, 1.165) is 12.8 Å². The van der Waals surface area contributed by atoms with Crippen molar-refractivity contribution in [2.24, 2.45) is 5.92 Å². The van der Waals surface area contributed by atoms with Gasteiger partial charge in [0.1, 0.15) is 0 Å². The Bertz CT molecular complexity index is 602. The zero-order valence-corrected chi connectivity index (χ0v) is 12.4. The number of hydrogen-bond acceptors (Lipinski definition) is 5. The third kappa shape index (κ3) is 3.94. The third-order valence-corrected chi connectivity index (χ3v) is 4.02. The molecule has 0 amide bonds. The molecule has 3 N–H and O–H groups in total. The van der Waals surface area contributed by atoms with Crippen LogP contribution in [0.25, 0.3) is 0 Å². The molecular formula is C15H20N2O5. The minimum Gasteiger partial charge on any atom is -0.478 e. The lowest BCUT2D eigenvalue weighted by atomic mass is 9.92. The van der Waals surface area contributed by atoms with Crippen LogP contribution in [-0.2, 0) is 16.0 Å². The van der Waals surface area contributed by atoms with Crippen LogP contribution >= 0.6 is 0 Å². The van der Waals surface area contributed by atoms with Crippen molar-refractivity contribution in [2.45, 2.75) is 31.7 Å². The maximum absolute atomic E-state index is 11.4. The Morgan fingerprint density at radius 3 is 2.73 bits per heavy atom. The molecule has 2 rings (SSSR count). The van der Waals surface area contributed by atoms with E-state index in [2.05, 4.69) is 10.3 Å². The highest BCUT2D eigenvalue weighted by Gasteiger charge is 2.26. The molecule has 0 radical (unpaired) electrons. The molecule has 7 heteroatoms. The summed E-state index contributed by atoms with van der Waals surface area (Å²) in [5.41, 5.74) is 0.266. The molecule has 0 saturated carbocycles. The maximum atomic E-state index is 11.4. The van der Waals surface area contributed by atoms with Crippen LogP contribution in [0.3, 0.4) is 0 Å². The van der Waals surface area contributed by atoms with Crippen molar-refractivity contribution in [2.75, 3.05) is 13.7 Å². The Morgan fingerprint density at radius 1 is 1.36 bits per heavy atom. The van der Waals surface area contributed by atoms with Crippen LogP contribution in [0, 0.1) is 5.92 Å². The lowest BCUT2D eigenvalue weighted by molar-refractivity contribution is -0.146. The number of carbonyl (C=O) groups excluding carboxylic acids is 1. The predicted molar refractivity (Wildman–Crippen MR) is 78.9 cm³/mol. The molecule has 22 heavy (non-hydrogen) atoms. The second-order valence-electron chi connectivity index (χ2n) is 5.46. The highest BCUT2D eigenvalue weighted by atomic mass is 16.5. The number of H-pyrrole nitrogens is 1. The van der Waals surface area contributed by atoms with Crippen LogP contribution in [0.2, 0.25) is 0 Å². The molecule has 0 aliphatic carbocycles. The van der Waals surface area contributed by atoms with E-state index in [9.17, 15) is 14.4 Å². The molecule has 2 atom stereocenters. The lowest BCUT2D eigenvalue weighted by Crippen LogP contribution is -2.42. The third-order valence-electron chi connectivity index (χ3n) is 4.02. The summed E-state index contributed by atoms with van der Waals surface area (Å²) in [6, 6.07) is 2.75. The first kappa shape index (κ1) is 16.2. The largest absolute Gasteiger partial charge is 0.478 e. The molecule has 1 aromatic heterocycles. The minimum absolute atomic E-state index is 0.118. The SMILES string of the molecule is COC(=O)C1CCC(CCc2[nH]c(=O)ccc2C(=O)O)NC1. The van der Waals surface area contributed by atoms with Gasteiger partial charge in [-0.25, -0.2) is 4.79 Å². The molecule has 120 valence electrons.